The van der Waals surface area contributed by atoms with Gasteiger partial charge in [0.25, 0.3) is 0 Å². The molecule has 0 amide bonds. The second-order valence-corrected chi connectivity index (χ2v) is 20.5. The highest BCUT2D eigenvalue weighted by atomic mass is 35.5. The minimum Gasteiger partial charge on any atom is -0.411 e. The van der Waals surface area contributed by atoms with Gasteiger partial charge in [-0.05, 0) is 55.4 Å². The van der Waals surface area contributed by atoms with Crippen molar-refractivity contribution in [1.29, 1.82) is 5.26 Å². The average molecular weight is 621 g/mol. The van der Waals surface area contributed by atoms with E-state index >= 15 is 0 Å². The van der Waals surface area contributed by atoms with Gasteiger partial charge in [-0.1, -0.05) is 44.0 Å². The van der Waals surface area contributed by atoms with E-state index in [4.69, 9.17) is 32.9 Å². The van der Waals surface area contributed by atoms with Crippen LogP contribution in [0.1, 0.15) is 33.3 Å². The van der Waals surface area contributed by atoms with Crippen molar-refractivity contribution in [3.63, 3.8) is 0 Å². The monoisotopic (exact) mass is 619 g/mol. The van der Waals surface area contributed by atoms with Gasteiger partial charge in [0.1, 0.15) is 15.7 Å². The summed E-state index contributed by atoms with van der Waals surface area (Å²) in [4.78, 5) is 3.62. The minimum absolute atomic E-state index is 0.164. The van der Waals surface area contributed by atoms with E-state index in [1.54, 1.807) is 6.92 Å². The number of rotatable bonds is 7. The summed E-state index contributed by atoms with van der Waals surface area (Å²) < 4.78 is 62.2. The fourth-order valence-electron chi connectivity index (χ4n) is 4.05. The van der Waals surface area contributed by atoms with Crippen LogP contribution in [-0.4, -0.2) is 69.6 Å². The van der Waals surface area contributed by atoms with Crippen molar-refractivity contribution < 1.29 is 26.4 Å². The number of hydrogen-bond acceptors (Lipinski definition) is 8. The summed E-state index contributed by atoms with van der Waals surface area (Å²) in [6, 6.07) is 8.16. The van der Waals surface area contributed by atoms with E-state index < -0.39 is 58.2 Å². The molecule has 2 heterocycles. The maximum Gasteiger partial charge on any atom is 0.244 e. The number of pyridine rings is 1. The van der Waals surface area contributed by atoms with Gasteiger partial charge in [-0.25, -0.2) is 21.8 Å². The zero-order chi connectivity index (χ0) is 28.9. The van der Waals surface area contributed by atoms with E-state index in [-0.39, 0.29) is 30.6 Å². The number of nitrogens with zero attached hydrogens (tertiary/aromatic N) is 3. The largest absolute Gasteiger partial charge is 0.411 e. The molecule has 0 spiro atoms. The Morgan fingerprint density at radius 3 is 2.34 bits per heavy atom. The van der Waals surface area contributed by atoms with Gasteiger partial charge in [-0.15, -0.1) is 0 Å². The third-order valence-corrected chi connectivity index (χ3v) is 16.6. The molecule has 1 fully saturated rings. The van der Waals surface area contributed by atoms with Gasteiger partial charge in [0.2, 0.25) is 19.9 Å². The molecule has 1 unspecified atom stereocenters. The van der Waals surface area contributed by atoms with Gasteiger partial charge in [-0.2, -0.15) is 9.57 Å². The molecule has 2 aromatic rings. The van der Waals surface area contributed by atoms with Crippen LogP contribution in [0.3, 0.4) is 0 Å². The van der Waals surface area contributed by atoms with E-state index in [9.17, 15) is 21.9 Å². The van der Waals surface area contributed by atoms with Gasteiger partial charge < -0.3 is 9.53 Å². The maximum absolute atomic E-state index is 13.8. The van der Waals surface area contributed by atoms with Crippen LogP contribution in [-0.2, 0) is 24.3 Å². The first-order valence-corrected chi connectivity index (χ1v) is 18.4. The smallest absolute Gasteiger partial charge is 0.244 e. The number of β-amino-alcohol motifs (C(OH)–C–C–N with tert-alkyl or cyclic N) is 1. The number of sulfone groups is 1. The van der Waals surface area contributed by atoms with Gasteiger partial charge in [0.15, 0.2) is 13.3 Å². The summed E-state index contributed by atoms with van der Waals surface area (Å²) in [5.41, 5.74) is -1.96. The van der Waals surface area contributed by atoms with Crippen LogP contribution >= 0.6 is 23.2 Å². The van der Waals surface area contributed by atoms with Crippen LogP contribution in [0.2, 0.25) is 28.2 Å². The lowest BCUT2D eigenvalue weighted by Crippen LogP contribution is -2.58. The van der Waals surface area contributed by atoms with Crippen molar-refractivity contribution in [2.24, 2.45) is 0 Å². The van der Waals surface area contributed by atoms with Crippen LogP contribution in [0.25, 0.3) is 0 Å². The summed E-state index contributed by atoms with van der Waals surface area (Å²) >= 11 is 12.1. The summed E-state index contributed by atoms with van der Waals surface area (Å²) in [5, 5.41) is 18.9. The molecular weight excluding hydrogens is 589 g/mol. The molecule has 1 N–H and O–H groups in total. The Labute approximate surface area is 235 Å². The Bertz CT molecular complexity index is 1470. The fourth-order valence-corrected chi connectivity index (χ4v) is 9.64. The first-order valence-electron chi connectivity index (χ1n) is 11.7. The number of aromatic nitrogens is 1. The molecule has 3 atom stereocenters. The number of nitriles is 1. The van der Waals surface area contributed by atoms with E-state index in [2.05, 4.69) is 4.98 Å². The second kappa shape index (κ2) is 10.4. The predicted octanol–water partition coefficient (Wildman–Crippen LogP) is 4.25. The Hall–Kier alpha value is -1.56. The van der Waals surface area contributed by atoms with Crippen molar-refractivity contribution in [3.8, 4) is 6.07 Å². The highest BCUT2D eigenvalue weighted by Gasteiger charge is 2.59. The molecule has 14 heteroatoms. The molecule has 0 radical (unpaired) electrons. The summed E-state index contributed by atoms with van der Waals surface area (Å²) in [6.07, 6.45) is 0.121. The number of sulfonamides is 1. The number of halogens is 2. The summed E-state index contributed by atoms with van der Waals surface area (Å²) in [5.74, 6) is 0. The topological polar surface area (TPSA) is 138 Å². The van der Waals surface area contributed by atoms with E-state index in [1.165, 1.54) is 36.5 Å². The van der Waals surface area contributed by atoms with E-state index in [0.717, 1.165) is 4.31 Å². The van der Waals surface area contributed by atoms with Crippen LogP contribution in [0.5, 0.6) is 0 Å². The molecule has 1 aliphatic heterocycles. The molecule has 208 valence electrons. The summed E-state index contributed by atoms with van der Waals surface area (Å²) in [7, 11) is -11.3. The minimum atomic E-state index is -4.37. The lowest BCUT2D eigenvalue weighted by molar-refractivity contribution is -0.0446. The molecule has 1 aromatic carbocycles. The molecular formula is C24H31Cl2N3O6S2Si. The molecule has 1 aromatic heterocycles. The molecule has 9 nitrogen and oxygen atoms in total. The summed E-state index contributed by atoms with van der Waals surface area (Å²) in [6.45, 7) is 10.4. The highest BCUT2D eigenvalue weighted by Crippen LogP contribution is 2.43. The van der Waals surface area contributed by atoms with Crippen molar-refractivity contribution >= 4 is 51.4 Å². The first-order chi connectivity index (χ1) is 17.3. The van der Waals surface area contributed by atoms with Crippen LogP contribution < -0.4 is 0 Å². The van der Waals surface area contributed by atoms with Crippen LogP contribution in [0.15, 0.2) is 46.5 Å². The standard InChI is InChI=1S/C24H31Cl2N3O6S2Si/c1-16(35-38(5,6)23(2,3)4)24(30)15-29(37(33,34)20-9-7-17(12-27)11-19(20)26)14-21(24)36(31,32)22-10-8-18(25)13-28-22/h7-11,13,16,21,30H,14-15H2,1-6H3/t16?,21-,24+/m1/s1. The SMILES string of the molecule is CC(O[Si](C)(C)C(C)(C)C)[C@@]1(O)CN(S(=O)(=O)c2ccc(C#N)cc2Cl)C[C@H]1S(=O)(=O)c1ccc(Cl)cn1. The Morgan fingerprint density at radius 2 is 1.84 bits per heavy atom. The van der Waals surface area contributed by atoms with Crippen molar-refractivity contribution in [2.45, 2.75) is 72.7 Å². The Balaban J connectivity index is 2.13. The lowest BCUT2D eigenvalue weighted by atomic mass is 9.97. The zero-order valence-electron chi connectivity index (χ0n) is 21.9. The average Bonchev–Trinajstić information content (AvgIpc) is 3.18. The van der Waals surface area contributed by atoms with Crippen LogP contribution in [0, 0.1) is 11.3 Å². The first kappa shape index (κ1) is 31.0. The molecule has 1 saturated heterocycles. The maximum atomic E-state index is 13.8. The normalized spacial score (nSPS) is 22.3. The predicted molar refractivity (Wildman–Crippen MR) is 148 cm³/mol. The zero-order valence-corrected chi connectivity index (χ0v) is 26.1. The molecule has 3 rings (SSSR count). The second-order valence-electron chi connectivity index (χ2n) is 10.9. The highest BCUT2D eigenvalue weighted by molar-refractivity contribution is 7.92. The lowest BCUT2D eigenvalue weighted by Gasteiger charge is -2.43. The van der Waals surface area contributed by atoms with Gasteiger partial charge >= 0.3 is 0 Å². The molecule has 38 heavy (non-hydrogen) atoms. The number of hydrogen-bond donors (Lipinski definition) is 1. The number of benzene rings is 1. The molecule has 0 saturated carbocycles. The Kier molecular flexibility index (Phi) is 8.51. The van der Waals surface area contributed by atoms with Gasteiger partial charge in [0, 0.05) is 19.3 Å². The molecule has 0 aliphatic carbocycles. The van der Waals surface area contributed by atoms with Crippen molar-refractivity contribution in [3.05, 3.63) is 52.1 Å². The third-order valence-electron chi connectivity index (χ3n) is 7.38. The van der Waals surface area contributed by atoms with E-state index in [1.807, 2.05) is 39.9 Å². The van der Waals surface area contributed by atoms with E-state index in [0.29, 0.717) is 0 Å². The van der Waals surface area contributed by atoms with Crippen LogP contribution in [0.4, 0.5) is 0 Å². The van der Waals surface area contributed by atoms with Gasteiger partial charge in [0.05, 0.1) is 27.8 Å². The molecule has 0 bridgehead atoms. The quantitative estimate of drug-likeness (QED) is 0.454. The van der Waals surface area contributed by atoms with Crippen molar-refractivity contribution in [2.75, 3.05) is 13.1 Å². The number of aliphatic hydroxyl groups is 1. The van der Waals surface area contributed by atoms with Gasteiger partial charge in [-0.3, -0.25) is 0 Å². The fraction of sp³-hybridized carbons (Fsp3) is 0.500. The Morgan fingerprint density at radius 1 is 1.21 bits per heavy atom. The molecule has 1 aliphatic rings. The van der Waals surface area contributed by atoms with Crippen molar-refractivity contribution in [1.82, 2.24) is 9.29 Å². The third kappa shape index (κ3) is 5.67.